The third kappa shape index (κ3) is 8.53. The first-order valence-electron chi connectivity index (χ1n) is 12.8. The topological polar surface area (TPSA) is 145 Å². The highest BCUT2D eigenvalue weighted by atomic mass is 15.3. The highest BCUT2D eigenvalue weighted by Crippen LogP contribution is 2.18. The number of aromatic nitrogens is 1. The summed E-state index contributed by atoms with van der Waals surface area (Å²) < 4.78 is 0. The molecule has 10 heteroatoms. The van der Waals surface area contributed by atoms with Crippen LogP contribution in [0.3, 0.4) is 0 Å². The Bertz CT molecular complexity index is 1290. The van der Waals surface area contributed by atoms with Gasteiger partial charge in [0.25, 0.3) is 0 Å². The van der Waals surface area contributed by atoms with Crippen molar-refractivity contribution in [3.63, 3.8) is 0 Å². The second-order valence-corrected chi connectivity index (χ2v) is 8.86. The Morgan fingerprint density at radius 3 is 2.67 bits per heavy atom. The predicted molar refractivity (Wildman–Crippen MR) is 161 cm³/mol. The highest BCUT2D eigenvalue weighted by Gasteiger charge is 2.19. The van der Waals surface area contributed by atoms with Gasteiger partial charge in [0.05, 0.1) is 29.7 Å². The lowest BCUT2D eigenvalue weighted by atomic mass is 10.1. The molecule has 10 nitrogen and oxygen atoms in total. The fourth-order valence-electron chi connectivity index (χ4n) is 3.95. The molecule has 3 rings (SSSR count). The van der Waals surface area contributed by atoms with E-state index in [9.17, 15) is 5.26 Å². The van der Waals surface area contributed by atoms with Crippen LogP contribution in [-0.2, 0) is 0 Å². The lowest BCUT2D eigenvalue weighted by molar-refractivity contribution is 0.290. The number of nitrogens with zero attached hydrogens (tertiary/aromatic N) is 8. The number of rotatable bonds is 10. The Morgan fingerprint density at radius 2 is 2.03 bits per heavy atom. The summed E-state index contributed by atoms with van der Waals surface area (Å²) in [5.41, 5.74) is 15.0. The summed E-state index contributed by atoms with van der Waals surface area (Å²) >= 11 is 0. The number of allylic oxidation sites excluding steroid dienone is 3. The summed E-state index contributed by atoms with van der Waals surface area (Å²) in [5.74, 6) is 1.79. The second-order valence-electron chi connectivity index (χ2n) is 8.86. The molecule has 39 heavy (non-hydrogen) atoms. The molecule has 0 saturated carbocycles. The summed E-state index contributed by atoms with van der Waals surface area (Å²) in [6, 6.07) is 6.07. The molecule has 0 amide bonds. The quantitative estimate of drug-likeness (QED) is 0.273. The fraction of sp³-hybridized carbons (Fsp3) is 0.310. The number of anilines is 1. The molecule has 202 valence electrons. The van der Waals surface area contributed by atoms with E-state index >= 15 is 0 Å². The molecule has 0 aromatic carbocycles. The molecule has 1 aromatic heterocycles. The number of amidine groups is 1. The average Bonchev–Trinajstić information content (AvgIpc) is 3.24. The van der Waals surface area contributed by atoms with Gasteiger partial charge in [0.2, 0.25) is 0 Å². The van der Waals surface area contributed by atoms with Gasteiger partial charge in [-0.05, 0) is 31.6 Å². The largest absolute Gasteiger partial charge is 0.403 e. The van der Waals surface area contributed by atoms with E-state index in [1.807, 2.05) is 55.9 Å². The van der Waals surface area contributed by atoms with E-state index in [2.05, 4.69) is 31.4 Å². The summed E-state index contributed by atoms with van der Waals surface area (Å²) in [7, 11) is 0. The van der Waals surface area contributed by atoms with E-state index in [0.29, 0.717) is 23.5 Å². The van der Waals surface area contributed by atoms with Crippen molar-refractivity contribution in [2.45, 2.75) is 20.3 Å². The van der Waals surface area contributed by atoms with Crippen molar-refractivity contribution in [3.8, 4) is 6.07 Å². The van der Waals surface area contributed by atoms with Gasteiger partial charge in [0.15, 0.2) is 0 Å². The zero-order valence-electron chi connectivity index (χ0n) is 22.7. The SMILES string of the molecule is C=CC(=C\CN)/C(=C/N=C(C)C(C#N)=CN)N=C(C)c1ccc(N2CCN(CC3=NC=CCC=N3)CC2)nc1. The molecule has 1 fully saturated rings. The van der Waals surface area contributed by atoms with Crippen LogP contribution in [0.2, 0.25) is 0 Å². The Kier molecular flexibility index (Phi) is 11.2. The summed E-state index contributed by atoms with van der Waals surface area (Å²) in [4.78, 5) is 27.4. The number of piperazine rings is 1. The van der Waals surface area contributed by atoms with Gasteiger partial charge in [-0.3, -0.25) is 14.9 Å². The molecule has 3 heterocycles. The summed E-state index contributed by atoms with van der Waals surface area (Å²) in [6.07, 6.45) is 14.7. The van der Waals surface area contributed by atoms with Gasteiger partial charge in [0, 0.05) is 75.2 Å². The fourth-order valence-corrected chi connectivity index (χ4v) is 3.95. The van der Waals surface area contributed by atoms with Crippen LogP contribution in [0.25, 0.3) is 0 Å². The van der Waals surface area contributed by atoms with Crippen molar-refractivity contribution in [2.24, 2.45) is 31.4 Å². The van der Waals surface area contributed by atoms with Crippen molar-refractivity contribution in [2.75, 3.05) is 44.2 Å². The molecule has 0 aliphatic carbocycles. The molecule has 1 aromatic rings. The first-order valence-corrected chi connectivity index (χ1v) is 12.8. The number of nitriles is 1. The maximum Gasteiger partial charge on any atom is 0.141 e. The Morgan fingerprint density at radius 1 is 1.23 bits per heavy atom. The van der Waals surface area contributed by atoms with E-state index in [1.165, 1.54) is 6.20 Å². The van der Waals surface area contributed by atoms with Gasteiger partial charge < -0.3 is 16.4 Å². The van der Waals surface area contributed by atoms with Crippen molar-refractivity contribution in [3.05, 3.63) is 84.1 Å². The standard InChI is InChI=1S/C29H36N10/c1-4-24(9-10-30)27(20-35-22(2)26(17-31)18-32)37-23(3)25-7-8-29(36-19-25)39-15-13-38(14-16-39)21-28-33-11-5-6-12-34-28/h4-5,7-9,11-12,17,19-20H,1,6,10,13-16,21,30-31H2,2-3H3/b24-9+,26-17?,27-20-,35-22?,37-23?. The van der Waals surface area contributed by atoms with E-state index in [4.69, 9.17) is 21.4 Å². The van der Waals surface area contributed by atoms with Gasteiger partial charge >= 0.3 is 0 Å². The predicted octanol–water partition coefficient (Wildman–Crippen LogP) is 3.14. The van der Waals surface area contributed by atoms with E-state index < -0.39 is 0 Å². The van der Waals surface area contributed by atoms with Gasteiger partial charge in [-0.15, -0.1) is 0 Å². The zero-order chi connectivity index (χ0) is 28.0. The molecule has 4 N–H and O–H groups in total. The number of hydrogen-bond donors (Lipinski definition) is 2. The molecule has 0 atom stereocenters. The van der Waals surface area contributed by atoms with Crippen LogP contribution in [0, 0.1) is 11.3 Å². The van der Waals surface area contributed by atoms with Crippen molar-refractivity contribution < 1.29 is 0 Å². The third-order valence-electron chi connectivity index (χ3n) is 6.24. The second kappa shape index (κ2) is 15.1. The zero-order valence-corrected chi connectivity index (χ0v) is 22.7. The summed E-state index contributed by atoms with van der Waals surface area (Å²) in [6.45, 7) is 12.2. The van der Waals surface area contributed by atoms with Crippen LogP contribution < -0.4 is 16.4 Å². The van der Waals surface area contributed by atoms with Gasteiger partial charge in [0.1, 0.15) is 17.7 Å². The first kappa shape index (κ1) is 29.1. The Balaban J connectivity index is 1.72. The minimum Gasteiger partial charge on any atom is -0.403 e. The monoisotopic (exact) mass is 524 g/mol. The van der Waals surface area contributed by atoms with Crippen LogP contribution in [0.4, 0.5) is 5.82 Å². The number of aliphatic imine (C=N–C) groups is 4. The highest BCUT2D eigenvalue weighted by molar-refractivity contribution is 6.02. The smallest absolute Gasteiger partial charge is 0.141 e. The molecule has 2 aliphatic rings. The Hall–Kier alpha value is -4.46. The molecular weight excluding hydrogens is 488 g/mol. The van der Waals surface area contributed by atoms with E-state index in [-0.39, 0.29) is 0 Å². The molecule has 2 aliphatic heterocycles. The number of nitrogens with two attached hydrogens (primary N) is 2. The van der Waals surface area contributed by atoms with Crippen molar-refractivity contribution in [1.82, 2.24) is 9.88 Å². The maximum absolute atomic E-state index is 9.20. The number of hydrogen-bond acceptors (Lipinski definition) is 10. The van der Waals surface area contributed by atoms with E-state index in [0.717, 1.165) is 67.6 Å². The average molecular weight is 525 g/mol. The van der Waals surface area contributed by atoms with Gasteiger partial charge in [-0.2, -0.15) is 5.26 Å². The molecule has 0 unspecified atom stereocenters. The van der Waals surface area contributed by atoms with Crippen molar-refractivity contribution >= 4 is 29.3 Å². The molecule has 0 radical (unpaired) electrons. The normalized spacial score (nSPS) is 18.1. The Labute approximate surface area is 230 Å². The van der Waals surface area contributed by atoms with Crippen molar-refractivity contribution in [1.29, 1.82) is 5.26 Å². The molecule has 0 bridgehead atoms. The van der Waals surface area contributed by atoms with E-state index in [1.54, 1.807) is 19.2 Å². The minimum absolute atomic E-state index is 0.290. The lowest BCUT2D eigenvalue weighted by Gasteiger charge is -2.35. The lowest BCUT2D eigenvalue weighted by Crippen LogP contribution is -2.48. The van der Waals surface area contributed by atoms with Gasteiger partial charge in [-0.1, -0.05) is 24.8 Å². The molecule has 0 spiro atoms. The van der Waals surface area contributed by atoms with Crippen LogP contribution in [0.1, 0.15) is 25.8 Å². The van der Waals surface area contributed by atoms with Crippen LogP contribution in [0.15, 0.2) is 98.5 Å². The molecular formula is C29H36N10. The van der Waals surface area contributed by atoms with Crippen LogP contribution in [0.5, 0.6) is 0 Å². The summed E-state index contributed by atoms with van der Waals surface area (Å²) in [5, 5.41) is 9.20. The molecule has 1 saturated heterocycles. The third-order valence-corrected chi connectivity index (χ3v) is 6.24. The maximum atomic E-state index is 9.20. The van der Waals surface area contributed by atoms with Gasteiger partial charge in [-0.25, -0.2) is 15.0 Å². The van der Waals surface area contributed by atoms with Crippen LogP contribution >= 0.6 is 0 Å². The first-order chi connectivity index (χ1) is 19.0. The van der Waals surface area contributed by atoms with Crippen LogP contribution in [-0.4, -0.2) is 72.6 Å². The minimum atomic E-state index is 0.290. The number of pyridine rings is 1.